The van der Waals surface area contributed by atoms with Crippen LogP contribution in [0, 0.1) is 20.8 Å². The minimum Gasteiger partial charge on any atom is -0.369 e. The highest BCUT2D eigenvalue weighted by Crippen LogP contribution is 2.18. The molecule has 8 nitrogen and oxygen atoms in total. The van der Waals surface area contributed by atoms with E-state index in [-0.39, 0.29) is 11.9 Å². The number of nitrogens with zero attached hydrogens (tertiary/aromatic N) is 6. The molecule has 1 N–H and O–H groups in total. The number of aromatic nitrogens is 4. The molecule has 1 aromatic carbocycles. The van der Waals surface area contributed by atoms with Crippen molar-refractivity contribution >= 4 is 17.4 Å². The van der Waals surface area contributed by atoms with E-state index in [1.54, 1.807) is 4.52 Å². The Hall–Kier alpha value is -3.00. The lowest BCUT2D eigenvalue weighted by atomic mass is 10.1. The van der Waals surface area contributed by atoms with Crippen LogP contribution in [0.2, 0.25) is 0 Å². The van der Waals surface area contributed by atoms with E-state index in [4.69, 9.17) is 0 Å². The number of piperazine rings is 1. The molecule has 2 aromatic heterocycles. The number of anilines is 1. The Morgan fingerprint density at radius 2 is 1.94 bits per heavy atom. The first-order chi connectivity index (χ1) is 15.9. The number of carbonyl (C=O) groups is 1. The predicted molar refractivity (Wildman–Crippen MR) is 131 cm³/mol. The van der Waals surface area contributed by atoms with Crippen LogP contribution < -0.4 is 10.2 Å². The molecule has 1 unspecified atom stereocenters. The fourth-order valence-corrected chi connectivity index (χ4v) is 4.61. The zero-order chi connectivity index (χ0) is 23.4. The fraction of sp³-hybridized carbons (Fsp3) is 0.520. The SMILES string of the molecule is Cc1cccc(N2CCN(CCC(C)NC(=O)CCc3c(C)nc4ncnn4c3C)CC2)c1. The summed E-state index contributed by atoms with van der Waals surface area (Å²) in [7, 11) is 0. The summed E-state index contributed by atoms with van der Waals surface area (Å²) in [5, 5.41) is 7.40. The molecule has 33 heavy (non-hydrogen) atoms. The monoisotopic (exact) mass is 449 g/mol. The van der Waals surface area contributed by atoms with E-state index in [1.165, 1.54) is 17.6 Å². The number of carbonyl (C=O) groups excluding carboxylic acids is 1. The van der Waals surface area contributed by atoms with Gasteiger partial charge in [-0.25, -0.2) is 9.50 Å². The van der Waals surface area contributed by atoms with Crippen molar-refractivity contribution < 1.29 is 4.79 Å². The van der Waals surface area contributed by atoms with Crippen LogP contribution in [0.1, 0.15) is 42.3 Å². The average Bonchev–Trinajstić information content (AvgIpc) is 3.26. The molecule has 0 aliphatic carbocycles. The summed E-state index contributed by atoms with van der Waals surface area (Å²) in [5.41, 5.74) is 5.61. The van der Waals surface area contributed by atoms with Crippen molar-refractivity contribution in [3.63, 3.8) is 0 Å². The first kappa shape index (κ1) is 23.2. The minimum absolute atomic E-state index is 0.0873. The maximum atomic E-state index is 12.6. The number of benzene rings is 1. The van der Waals surface area contributed by atoms with Gasteiger partial charge >= 0.3 is 0 Å². The predicted octanol–water partition coefficient (Wildman–Crippen LogP) is 2.70. The molecule has 1 atom stereocenters. The van der Waals surface area contributed by atoms with Crippen LogP contribution in [-0.2, 0) is 11.2 Å². The summed E-state index contributed by atoms with van der Waals surface area (Å²) in [4.78, 5) is 26.2. The van der Waals surface area contributed by atoms with Gasteiger partial charge in [-0.1, -0.05) is 12.1 Å². The summed E-state index contributed by atoms with van der Waals surface area (Å²) in [5.74, 6) is 0.691. The molecule has 1 amide bonds. The van der Waals surface area contributed by atoms with Gasteiger partial charge in [-0.15, -0.1) is 0 Å². The van der Waals surface area contributed by atoms with Gasteiger partial charge in [0.25, 0.3) is 5.78 Å². The standard InChI is InChI=1S/C25H35N7O/c1-18-6-5-7-22(16-18)31-14-12-30(13-15-31)11-10-19(2)28-24(33)9-8-23-20(3)29-25-26-17-27-32(25)21(23)4/h5-7,16-17,19H,8-15H2,1-4H3,(H,28,33). The van der Waals surface area contributed by atoms with Gasteiger partial charge in [0.05, 0.1) is 0 Å². The molecule has 0 radical (unpaired) electrons. The van der Waals surface area contributed by atoms with E-state index in [0.717, 1.165) is 56.1 Å². The molecule has 1 aliphatic heterocycles. The van der Waals surface area contributed by atoms with Crippen LogP contribution in [0.4, 0.5) is 5.69 Å². The number of aryl methyl sites for hydroxylation is 3. The Morgan fingerprint density at radius 1 is 1.15 bits per heavy atom. The lowest BCUT2D eigenvalue weighted by molar-refractivity contribution is -0.121. The highest BCUT2D eigenvalue weighted by molar-refractivity contribution is 5.76. The van der Waals surface area contributed by atoms with Crippen LogP contribution in [0.15, 0.2) is 30.6 Å². The number of fused-ring (bicyclic) bond motifs is 1. The van der Waals surface area contributed by atoms with Gasteiger partial charge in [-0.2, -0.15) is 10.1 Å². The number of rotatable bonds is 8. The van der Waals surface area contributed by atoms with Gasteiger partial charge in [0.15, 0.2) is 0 Å². The third-order valence-electron chi connectivity index (χ3n) is 6.62. The summed E-state index contributed by atoms with van der Waals surface area (Å²) < 4.78 is 1.74. The Bertz CT molecular complexity index is 1100. The maximum absolute atomic E-state index is 12.6. The normalized spacial score (nSPS) is 15.7. The van der Waals surface area contributed by atoms with Crippen LogP contribution in [0.5, 0.6) is 0 Å². The van der Waals surface area contributed by atoms with Crippen molar-refractivity contribution in [1.29, 1.82) is 0 Å². The van der Waals surface area contributed by atoms with Gasteiger partial charge in [-0.05, 0) is 63.8 Å². The molecule has 1 aliphatic rings. The molecule has 1 fully saturated rings. The molecular weight excluding hydrogens is 414 g/mol. The molecule has 0 saturated carbocycles. The van der Waals surface area contributed by atoms with E-state index in [0.29, 0.717) is 18.6 Å². The topological polar surface area (TPSA) is 78.7 Å². The highest BCUT2D eigenvalue weighted by atomic mass is 16.1. The second-order valence-corrected chi connectivity index (χ2v) is 9.16. The van der Waals surface area contributed by atoms with E-state index < -0.39 is 0 Å². The Morgan fingerprint density at radius 3 is 2.70 bits per heavy atom. The second-order valence-electron chi connectivity index (χ2n) is 9.16. The summed E-state index contributed by atoms with van der Waals surface area (Å²) in [6.07, 6.45) is 3.57. The number of amides is 1. The Balaban J connectivity index is 1.19. The lowest BCUT2D eigenvalue weighted by Crippen LogP contribution is -2.47. The molecule has 4 rings (SSSR count). The van der Waals surface area contributed by atoms with Crippen LogP contribution >= 0.6 is 0 Å². The molecule has 3 aromatic rings. The van der Waals surface area contributed by atoms with Crippen LogP contribution in [-0.4, -0.2) is 69.2 Å². The first-order valence-corrected chi connectivity index (χ1v) is 11.9. The summed E-state index contributed by atoms with van der Waals surface area (Å²) in [6, 6.07) is 8.89. The van der Waals surface area contributed by atoms with Gasteiger partial charge in [0.2, 0.25) is 5.91 Å². The van der Waals surface area contributed by atoms with Gasteiger partial charge < -0.3 is 10.2 Å². The highest BCUT2D eigenvalue weighted by Gasteiger charge is 2.18. The Labute approximate surface area is 196 Å². The van der Waals surface area contributed by atoms with E-state index in [2.05, 4.69) is 68.3 Å². The number of hydrogen-bond donors (Lipinski definition) is 1. The molecule has 1 saturated heterocycles. The van der Waals surface area contributed by atoms with Gasteiger partial charge in [0, 0.05) is 62.3 Å². The van der Waals surface area contributed by atoms with Gasteiger partial charge in [0.1, 0.15) is 6.33 Å². The number of nitrogens with one attached hydrogen (secondary N) is 1. The molecule has 176 valence electrons. The van der Waals surface area contributed by atoms with Crippen molar-refractivity contribution in [3.8, 4) is 0 Å². The molecule has 0 spiro atoms. The molecule has 3 heterocycles. The van der Waals surface area contributed by atoms with Crippen molar-refractivity contribution in [1.82, 2.24) is 29.8 Å². The molecular formula is C25H35N7O. The van der Waals surface area contributed by atoms with Crippen molar-refractivity contribution in [3.05, 3.63) is 53.1 Å². The average molecular weight is 450 g/mol. The van der Waals surface area contributed by atoms with Crippen LogP contribution in [0.3, 0.4) is 0 Å². The molecule has 0 bridgehead atoms. The van der Waals surface area contributed by atoms with E-state index in [1.807, 2.05) is 13.8 Å². The fourth-order valence-electron chi connectivity index (χ4n) is 4.61. The van der Waals surface area contributed by atoms with E-state index in [9.17, 15) is 4.79 Å². The third kappa shape index (κ3) is 5.68. The van der Waals surface area contributed by atoms with E-state index >= 15 is 0 Å². The third-order valence-corrected chi connectivity index (χ3v) is 6.62. The Kier molecular flexibility index (Phi) is 7.23. The quantitative estimate of drug-likeness (QED) is 0.570. The number of hydrogen-bond acceptors (Lipinski definition) is 6. The largest absolute Gasteiger partial charge is 0.369 e. The van der Waals surface area contributed by atoms with Crippen LogP contribution in [0.25, 0.3) is 5.78 Å². The smallest absolute Gasteiger partial charge is 0.252 e. The summed E-state index contributed by atoms with van der Waals surface area (Å²) >= 11 is 0. The zero-order valence-electron chi connectivity index (χ0n) is 20.2. The van der Waals surface area contributed by atoms with Crippen molar-refractivity contribution in [2.45, 2.75) is 53.0 Å². The summed E-state index contributed by atoms with van der Waals surface area (Å²) in [6.45, 7) is 13.4. The lowest BCUT2D eigenvalue weighted by Gasteiger charge is -2.36. The van der Waals surface area contributed by atoms with Crippen molar-refractivity contribution in [2.24, 2.45) is 0 Å². The zero-order valence-corrected chi connectivity index (χ0v) is 20.2. The van der Waals surface area contributed by atoms with Gasteiger partial charge in [-0.3, -0.25) is 9.69 Å². The van der Waals surface area contributed by atoms with Crippen molar-refractivity contribution in [2.75, 3.05) is 37.6 Å². The maximum Gasteiger partial charge on any atom is 0.252 e. The molecule has 8 heteroatoms. The second kappa shape index (κ2) is 10.3. The first-order valence-electron chi connectivity index (χ1n) is 11.9. The minimum atomic E-state index is 0.0873.